The molecule has 8 heteroatoms. The molecular formula is C9H6F5NO2. The smallest absolute Gasteiger partial charge is 0.418 e. The first-order chi connectivity index (χ1) is 7.71. The Bertz CT molecular complexity index is 430. The first-order valence-electron chi connectivity index (χ1n) is 4.27. The zero-order valence-corrected chi connectivity index (χ0v) is 8.13. The van der Waals surface area contributed by atoms with Crippen LogP contribution >= 0.6 is 0 Å². The Hall–Kier alpha value is -1.73. The summed E-state index contributed by atoms with van der Waals surface area (Å²) in [6, 6.07) is 0.460. The average Bonchev–Trinajstić information content (AvgIpc) is 2.14. The largest absolute Gasteiger partial charge is 0.481 e. The van der Waals surface area contributed by atoms with Crippen LogP contribution in [0.15, 0.2) is 12.3 Å². The molecular weight excluding hydrogens is 249 g/mol. The van der Waals surface area contributed by atoms with Gasteiger partial charge in [-0.3, -0.25) is 9.78 Å². The summed E-state index contributed by atoms with van der Waals surface area (Å²) in [7, 11) is 0. The molecule has 1 N–H and O–H groups in total. The number of carbonyl (C=O) groups is 1. The van der Waals surface area contributed by atoms with Gasteiger partial charge in [0.2, 0.25) is 0 Å². The molecule has 0 radical (unpaired) electrons. The molecule has 1 heterocycles. The monoisotopic (exact) mass is 255 g/mol. The molecule has 0 saturated carbocycles. The summed E-state index contributed by atoms with van der Waals surface area (Å²) in [5.41, 5.74) is -3.16. The first-order valence-corrected chi connectivity index (χ1v) is 4.27. The van der Waals surface area contributed by atoms with Crippen LogP contribution in [0.2, 0.25) is 0 Å². The summed E-state index contributed by atoms with van der Waals surface area (Å²) < 4.78 is 61.7. The van der Waals surface area contributed by atoms with Gasteiger partial charge in [0, 0.05) is 11.8 Å². The highest BCUT2D eigenvalue weighted by molar-refractivity contribution is 5.69. The van der Waals surface area contributed by atoms with Gasteiger partial charge in [0.05, 0.1) is 17.7 Å². The van der Waals surface area contributed by atoms with E-state index in [0.29, 0.717) is 6.07 Å². The van der Waals surface area contributed by atoms with Crippen molar-refractivity contribution in [2.45, 2.75) is 19.0 Å². The van der Waals surface area contributed by atoms with E-state index >= 15 is 0 Å². The van der Waals surface area contributed by atoms with E-state index in [0.717, 1.165) is 0 Å². The zero-order valence-electron chi connectivity index (χ0n) is 8.13. The fourth-order valence-electron chi connectivity index (χ4n) is 1.19. The van der Waals surface area contributed by atoms with E-state index in [4.69, 9.17) is 5.11 Å². The number of carboxylic acid groups (broad SMARTS) is 1. The maximum Gasteiger partial charge on any atom is 0.418 e. The van der Waals surface area contributed by atoms with Crippen molar-refractivity contribution in [2.24, 2.45) is 0 Å². The molecule has 0 aromatic carbocycles. The van der Waals surface area contributed by atoms with Crippen molar-refractivity contribution in [3.8, 4) is 0 Å². The van der Waals surface area contributed by atoms with Gasteiger partial charge in [0.15, 0.2) is 0 Å². The van der Waals surface area contributed by atoms with Crippen LogP contribution in [0.5, 0.6) is 0 Å². The van der Waals surface area contributed by atoms with Crippen molar-refractivity contribution >= 4 is 5.97 Å². The molecule has 0 bridgehead atoms. The molecule has 1 aromatic rings. The van der Waals surface area contributed by atoms with Crippen molar-refractivity contribution in [3.63, 3.8) is 0 Å². The standard InChI is InChI=1S/C9H6F5NO2/c10-8(11)5-1-4(2-7(16)17)15-3-6(5)9(12,13)14/h1,3,8H,2H2,(H,16,17). The average molecular weight is 255 g/mol. The van der Waals surface area contributed by atoms with Crippen LogP contribution < -0.4 is 0 Å². The normalized spacial score (nSPS) is 11.9. The van der Waals surface area contributed by atoms with E-state index in [1.54, 1.807) is 0 Å². The summed E-state index contributed by atoms with van der Waals surface area (Å²) in [5.74, 6) is -1.36. The Kier molecular flexibility index (Phi) is 3.64. The van der Waals surface area contributed by atoms with Crippen LogP contribution in [0, 0.1) is 0 Å². The Morgan fingerprint density at radius 1 is 1.41 bits per heavy atom. The molecule has 0 spiro atoms. The van der Waals surface area contributed by atoms with E-state index in [9.17, 15) is 26.7 Å². The summed E-state index contributed by atoms with van der Waals surface area (Å²) in [5, 5.41) is 8.38. The van der Waals surface area contributed by atoms with Gasteiger partial charge < -0.3 is 5.11 Å². The SMILES string of the molecule is O=C(O)Cc1cc(C(F)F)c(C(F)(F)F)cn1. The van der Waals surface area contributed by atoms with Gasteiger partial charge in [-0.1, -0.05) is 0 Å². The molecule has 0 atom stereocenters. The summed E-state index contributed by atoms with van der Waals surface area (Å²) in [4.78, 5) is 13.5. The van der Waals surface area contributed by atoms with Crippen LogP contribution in [0.4, 0.5) is 22.0 Å². The number of halogens is 5. The molecule has 17 heavy (non-hydrogen) atoms. The molecule has 0 unspecified atom stereocenters. The lowest BCUT2D eigenvalue weighted by Crippen LogP contribution is -2.12. The minimum atomic E-state index is -4.94. The third-order valence-electron chi connectivity index (χ3n) is 1.87. The molecule has 0 saturated heterocycles. The van der Waals surface area contributed by atoms with Gasteiger partial charge in [-0.05, 0) is 6.07 Å². The number of aromatic nitrogens is 1. The fourth-order valence-corrected chi connectivity index (χ4v) is 1.19. The molecule has 3 nitrogen and oxygen atoms in total. The Balaban J connectivity index is 3.22. The van der Waals surface area contributed by atoms with E-state index in [-0.39, 0.29) is 11.9 Å². The van der Waals surface area contributed by atoms with Crippen LogP contribution in [0.3, 0.4) is 0 Å². The van der Waals surface area contributed by atoms with E-state index in [1.807, 2.05) is 0 Å². The van der Waals surface area contributed by atoms with Crippen molar-refractivity contribution in [2.75, 3.05) is 0 Å². The lowest BCUT2D eigenvalue weighted by Gasteiger charge is -2.12. The molecule has 0 amide bonds. The van der Waals surface area contributed by atoms with Crippen molar-refractivity contribution in [1.82, 2.24) is 4.98 Å². The van der Waals surface area contributed by atoms with Crippen LogP contribution in [0.1, 0.15) is 23.2 Å². The highest BCUT2D eigenvalue weighted by Gasteiger charge is 2.36. The van der Waals surface area contributed by atoms with Crippen molar-refractivity contribution in [3.05, 3.63) is 29.1 Å². The predicted octanol–water partition coefficient (Wildman–Crippen LogP) is 2.67. The van der Waals surface area contributed by atoms with Crippen molar-refractivity contribution < 1.29 is 31.9 Å². The minimum Gasteiger partial charge on any atom is -0.481 e. The Morgan fingerprint density at radius 2 is 2.00 bits per heavy atom. The van der Waals surface area contributed by atoms with Crippen molar-refractivity contribution in [1.29, 1.82) is 0 Å². The number of rotatable bonds is 3. The molecule has 0 aliphatic rings. The lowest BCUT2D eigenvalue weighted by molar-refractivity contribution is -0.139. The molecule has 1 rings (SSSR count). The topological polar surface area (TPSA) is 50.2 Å². The lowest BCUT2D eigenvalue weighted by atomic mass is 10.1. The summed E-state index contributed by atoms with van der Waals surface area (Å²) in [6.07, 6.45) is -8.78. The molecule has 0 fully saturated rings. The zero-order chi connectivity index (χ0) is 13.2. The third kappa shape index (κ3) is 3.36. The number of nitrogens with zero attached hydrogens (tertiary/aromatic N) is 1. The van der Waals surface area contributed by atoms with E-state index in [2.05, 4.69) is 4.98 Å². The van der Waals surface area contributed by atoms with Gasteiger partial charge in [0.25, 0.3) is 6.43 Å². The number of aliphatic carboxylic acids is 1. The number of pyridine rings is 1. The number of carboxylic acids is 1. The second kappa shape index (κ2) is 4.64. The van der Waals surface area contributed by atoms with E-state index in [1.165, 1.54) is 0 Å². The maximum atomic E-state index is 12.4. The van der Waals surface area contributed by atoms with Gasteiger partial charge in [-0.25, -0.2) is 8.78 Å². The number of alkyl halides is 5. The Morgan fingerprint density at radius 3 is 2.41 bits per heavy atom. The highest BCUT2D eigenvalue weighted by Crippen LogP contribution is 2.36. The van der Waals surface area contributed by atoms with Crippen LogP contribution in [-0.4, -0.2) is 16.1 Å². The predicted molar refractivity (Wildman–Crippen MR) is 45.5 cm³/mol. The second-order valence-electron chi connectivity index (χ2n) is 3.13. The maximum absolute atomic E-state index is 12.4. The van der Waals surface area contributed by atoms with Gasteiger partial charge in [-0.15, -0.1) is 0 Å². The number of hydrogen-bond acceptors (Lipinski definition) is 2. The quantitative estimate of drug-likeness (QED) is 0.845. The Labute approximate surface area is 91.9 Å². The van der Waals surface area contributed by atoms with Gasteiger partial charge in [0.1, 0.15) is 0 Å². The van der Waals surface area contributed by atoms with Crippen LogP contribution in [0.25, 0.3) is 0 Å². The van der Waals surface area contributed by atoms with Gasteiger partial charge in [-0.2, -0.15) is 13.2 Å². The minimum absolute atomic E-state index is 0.222. The molecule has 1 aromatic heterocycles. The molecule has 94 valence electrons. The number of hydrogen-bond donors (Lipinski definition) is 1. The molecule has 0 aliphatic carbocycles. The molecule has 0 aliphatic heterocycles. The highest BCUT2D eigenvalue weighted by atomic mass is 19.4. The summed E-state index contributed by atoms with van der Waals surface area (Å²) in [6.45, 7) is 0. The first kappa shape index (κ1) is 13.3. The fraction of sp³-hybridized carbons (Fsp3) is 0.333. The third-order valence-corrected chi connectivity index (χ3v) is 1.87. The second-order valence-corrected chi connectivity index (χ2v) is 3.13. The summed E-state index contributed by atoms with van der Waals surface area (Å²) >= 11 is 0. The van der Waals surface area contributed by atoms with E-state index < -0.39 is 36.1 Å². The van der Waals surface area contributed by atoms with Gasteiger partial charge >= 0.3 is 12.1 Å². The van der Waals surface area contributed by atoms with Crippen LogP contribution in [-0.2, 0) is 17.4 Å².